The normalized spacial score (nSPS) is 13.3. The van der Waals surface area contributed by atoms with Crippen LogP contribution in [0.5, 0.6) is 0 Å². The molecule has 21 heavy (non-hydrogen) atoms. The van der Waals surface area contributed by atoms with E-state index >= 15 is 0 Å². The maximum Gasteiger partial charge on any atom is 0.242 e. The van der Waals surface area contributed by atoms with Gasteiger partial charge in [-0.05, 0) is 26.3 Å². The number of carbonyl (C=O) groups is 2. The molecule has 0 aromatic heterocycles. The molecular formula is C15H21N3O2S. The average molecular weight is 307 g/mol. The lowest BCUT2D eigenvalue weighted by molar-refractivity contribution is -0.128. The number of benzene rings is 1. The Kier molecular flexibility index (Phi) is 6.30. The third kappa shape index (κ3) is 5.15. The van der Waals surface area contributed by atoms with Crippen molar-refractivity contribution in [2.24, 2.45) is 5.73 Å². The second-order valence-corrected chi connectivity index (χ2v) is 5.61. The molecule has 114 valence electrons. The van der Waals surface area contributed by atoms with Crippen LogP contribution in [0.1, 0.15) is 32.3 Å². The molecule has 1 aromatic carbocycles. The van der Waals surface area contributed by atoms with E-state index in [9.17, 15) is 9.59 Å². The van der Waals surface area contributed by atoms with E-state index in [0.29, 0.717) is 5.56 Å². The van der Waals surface area contributed by atoms with Gasteiger partial charge in [-0.15, -0.1) is 0 Å². The lowest BCUT2D eigenvalue weighted by Crippen LogP contribution is -2.49. The number of amides is 2. The zero-order valence-corrected chi connectivity index (χ0v) is 13.2. The molecule has 1 aromatic rings. The number of rotatable bonds is 6. The zero-order valence-electron chi connectivity index (χ0n) is 12.4. The van der Waals surface area contributed by atoms with Crippen molar-refractivity contribution >= 4 is 29.0 Å². The molecular weight excluding hydrogens is 286 g/mol. The summed E-state index contributed by atoms with van der Waals surface area (Å²) in [7, 11) is 0. The van der Waals surface area contributed by atoms with E-state index in [2.05, 4.69) is 10.6 Å². The van der Waals surface area contributed by atoms with Crippen molar-refractivity contribution in [3.8, 4) is 0 Å². The van der Waals surface area contributed by atoms with Crippen LogP contribution in [-0.4, -0.2) is 28.9 Å². The van der Waals surface area contributed by atoms with Gasteiger partial charge in [0.15, 0.2) is 0 Å². The number of hydrogen-bond acceptors (Lipinski definition) is 3. The Morgan fingerprint density at radius 1 is 1.05 bits per heavy atom. The summed E-state index contributed by atoms with van der Waals surface area (Å²) in [5, 5.41) is 5.38. The van der Waals surface area contributed by atoms with E-state index in [1.807, 2.05) is 32.0 Å². The Bertz CT molecular complexity index is 517. The summed E-state index contributed by atoms with van der Waals surface area (Å²) < 4.78 is 0. The SMILES string of the molecule is CC(C)NC(=O)C(C)NC(=O)C(C(N)=S)c1ccccc1. The van der Waals surface area contributed by atoms with Crippen LogP contribution in [0, 0.1) is 0 Å². The fraction of sp³-hybridized carbons (Fsp3) is 0.400. The highest BCUT2D eigenvalue weighted by Gasteiger charge is 2.26. The highest BCUT2D eigenvalue weighted by Crippen LogP contribution is 2.16. The molecule has 0 radical (unpaired) electrons. The monoisotopic (exact) mass is 307 g/mol. The molecule has 0 aliphatic rings. The van der Waals surface area contributed by atoms with Crippen LogP contribution in [0.25, 0.3) is 0 Å². The molecule has 0 fully saturated rings. The van der Waals surface area contributed by atoms with E-state index in [-0.39, 0.29) is 22.8 Å². The topological polar surface area (TPSA) is 84.2 Å². The van der Waals surface area contributed by atoms with Gasteiger partial charge < -0.3 is 16.4 Å². The molecule has 2 atom stereocenters. The predicted octanol–water partition coefficient (Wildman–Crippen LogP) is 1.09. The van der Waals surface area contributed by atoms with E-state index in [1.165, 1.54) is 0 Å². The largest absolute Gasteiger partial charge is 0.392 e. The van der Waals surface area contributed by atoms with Crippen molar-refractivity contribution in [2.45, 2.75) is 38.8 Å². The van der Waals surface area contributed by atoms with Crippen LogP contribution >= 0.6 is 12.2 Å². The quantitative estimate of drug-likeness (QED) is 0.687. The first kappa shape index (κ1) is 17.1. The van der Waals surface area contributed by atoms with Gasteiger partial charge in [0.1, 0.15) is 12.0 Å². The van der Waals surface area contributed by atoms with Gasteiger partial charge in [-0.3, -0.25) is 9.59 Å². The van der Waals surface area contributed by atoms with Crippen LogP contribution in [0.4, 0.5) is 0 Å². The first-order valence-corrected chi connectivity index (χ1v) is 7.18. The minimum atomic E-state index is -0.740. The molecule has 2 unspecified atom stereocenters. The predicted molar refractivity (Wildman–Crippen MR) is 86.9 cm³/mol. The second kappa shape index (κ2) is 7.73. The molecule has 0 bridgehead atoms. The lowest BCUT2D eigenvalue weighted by Gasteiger charge is -2.20. The number of nitrogens with one attached hydrogen (secondary N) is 2. The molecule has 5 nitrogen and oxygen atoms in total. The highest BCUT2D eigenvalue weighted by molar-refractivity contribution is 7.80. The van der Waals surface area contributed by atoms with E-state index in [1.54, 1.807) is 19.1 Å². The molecule has 6 heteroatoms. The third-order valence-electron chi connectivity index (χ3n) is 2.86. The zero-order chi connectivity index (χ0) is 16.0. The molecule has 0 saturated carbocycles. The van der Waals surface area contributed by atoms with Crippen LogP contribution in [0.3, 0.4) is 0 Å². The third-order valence-corrected chi connectivity index (χ3v) is 3.10. The lowest BCUT2D eigenvalue weighted by atomic mass is 9.98. The number of carbonyl (C=O) groups excluding carboxylic acids is 2. The summed E-state index contributed by atoms with van der Waals surface area (Å²) in [6, 6.07) is 8.38. The summed E-state index contributed by atoms with van der Waals surface area (Å²) in [4.78, 5) is 24.2. The van der Waals surface area contributed by atoms with E-state index in [4.69, 9.17) is 18.0 Å². The van der Waals surface area contributed by atoms with Crippen molar-refractivity contribution in [1.29, 1.82) is 0 Å². The van der Waals surface area contributed by atoms with Gasteiger partial charge >= 0.3 is 0 Å². The van der Waals surface area contributed by atoms with Gasteiger partial charge in [-0.1, -0.05) is 42.5 Å². The van der Waals surface area contributed by atoms with Gasteiger partial charge in [0, 0.05) is 6.04 Å². The molecule has 2 amide bonds. The molecule has 0 aliphatic carbocycles. The Balaban J connectivity index is 2.80. The van der Waals surface area contributed by atoms with Gasteiger partial charge in [0.2, 0.25) is 11.8 Å². The Hall–Kier alpha value is -1.95. The standard InChI is InChI=1S/C15H21N3O2S/c1-9(2)17-14(19)10(3)18-15(20)12(13(16)21)11-7-5-4-6-8-11/h4-10,12H,1-3H3,(H2,16,21)(H,17,19)(H,18,20). The summed E-state index contributed by atoms with van der Waals surface area (Å²) in [6.07, 6.45) is 0. The van der Waals surface area contributed by atoms with Crippen molar-refractivity contribution in [1.82, 2.24) is 10.6 Å². The van der Waals surface area contributed by atoms with Gasteiger partial charge in [-0.25, -0.2) is 0 Å². The van der Waals surface area contributed by atoms with Gasteiger partial charge in [0.25, 0.3) is 0 Å². The summed E-state index contributed by atoms with van der Waals surface area (Å²) in [5.41, 5.74) is 6.38. The summed E-state index contributed by atoms with van der Waals surface area (Å²) >= 11 is 4.98. The van der Waals surface area contributed by atoms with Crippen LogP contribution in [-0.2, 0) is 9.59 Å². The highest BCUT2D eigenvalue weighted by atomic mass is 32.1. The summed E-state index contributed by atoms with van der Waals surface area (Å²) in [6.45, 7) is 5.33. The maximum absolute atomic E-state index is 12.3. The average Bonchev–Trinajstić information content (AvgIpc) is 2.38. The smallest absolute Gasteiger partial charge is 0.242 e. The second-order valence-electron chi connectivity index (χ2n) is 5.14. The van der Waals surface area contributed by atoms with Crippen molar-refractivity contribution in [2.75, 3.05) is 0 Å². The first-order chi connectivity index (χ1) is 9.82. The van der Waals surface area contributed by atoms with Gasteiger partial charge in [-0.2, -0.15) is 0 Å². The summed E-state index contributed by atoms with van der Waals surface area (Å²) in [5.74, 6) is -1.36. The molecule has 0 saturated heterocycles. The molecule has 0 spiro atoms. The van der Waals surface area contributed by atoms with E-state index in [0.717, 1.165) is 0 Å². The van der Waals surface area contributed by atoms with E-state index < -0.39 is 12.0 Å². The van der Waals surface area contributed by atoms with Crippen molar-refractivity contribution in [3.05, 3.63) is 35.9 Å². The fourth-order valence-corrected chi connectivity index (χ4v) is 2.11. The number of hydrogen-bond donors (Lipinski definition) is 3. The maximum atomic E-state index is 12.3. The first-order valence-electron chi connectivity index (χ1n) is 6.78. The Morgan fingerprint density at radius 3 is 2.10 bits per heavy atom. The minimum Gasteiger partial charge on any atom is -0.392 e. The van der Waals surface area contributed by atoms with Crippen LogP contribution in [0.2, 0.25) is 0 Å². The minimum absolute atomic E-state index is 0.0114. The molecule has 4 N–H and O–H groups in total. The molecule has 1 rings (SSSR count). The van der Waals surface area contributed by atoms with Crippen LogP contribution in [0.15, 0.2) is 30.3 Å². The van der Waals surface area contributed by atoms with Gasteiger partial charge in [0.05, 0.1) is 4.99 Å². The number of thiocarbonyl (C=S) groups is 1. The molecule has 0 aliphatic heterocycles. The molecule has 0 heterocycles. The Labute approximate surface area is 130 Å². The fourth-order valence-electron chi connectivity index (χ4n) is 1.86. The van der Waals surface area contributed by atoms with Crippen molar-refractivity contribution in [3.63, 3.8) is 0 Å². The van der Waals surface area contributed by atoms with Crippen LogP contribution < -0.4 is 16.4 Å². The number of nitrogens with two attached hydrogens (primary N) is 1. The van der Waals surface area contributed by atoms with Crippen molar-refractivity contribution < 1.29 is 9.59 Å². The Morgan fingerprint density at radius 2 is 1.62 bits per heavy atom.